The lowest BCUT2D eigenvalue weighted by Gasteiger charge is -2.34. The number of hydrogen-bond donors (Lipinski definition) is 0. The second kappa shape index (κ2) is 4.97. The molecule has 0 unspecified atom stereocenters. The van der Waals surface area contributed by atoms with E-state index in [-0.39, 0.29) is 17.5 Å². The molecule has 0 aromatic heterocycles. The van der Waals surface area contributed by atoms with Crippen molar-refractivity contribution in [2.75, 3.05) is 7.11 Å². The summed E-state index contributed by atoms with van der Waals surface area (Å²) in [5.74, 6) is -0.546. The predicted molar refractivity (Wildman–Crippen MR) is 71.9 cm³/mol. The van der Waals surface area contributed by atoms with Gasteiger partial charge in [0.25, 0.3) is 0 Å². The molecular weight excluding hydrogens is 256 g/mol. The van der Waals surface area contributed by atoms with E-state index in [0.717, 1.165) is 32.1 Å². The molecule has 0 N–H and O–H groups in total. The minimum absolute atomic E-state index is 0.00324. The Morgan fingerprint density at radius 3 is 2.70 bits per heavy atom. The maximum Gasteiger partial charge on any atom is 0.316 e. The van der Waals surface area contributed by atoms with Crippen molar-refractivity contribution in [3.8, 4) is 0 Å². The van der Waals surface area contributed by atoms with Crippen LogP contribution in [0.2, 0.25) is 0 Å². The number of carbonyl (C=O) groups excluding carboxylic acids is 3. The highest BCUT2D eigenvalue weighted by atomic mass is 16.5. The van der Waals surface area contributed by atoms with E-state index < -0.39 is 17.3 Å². The van der Waals surface area contributed by atoms with Gasteiger partial charge in [0, 0.05) is 17.8 Å². The zero-order chi connectivity index (χ0) is 14.3. The maximum absolute atomic E-state index is 12.9. The molecule has 0 amide bonds. The maximum atomic E-state index is 12.9. The molecule has 110 valence electrons. The summed E-state index contributed by atoms with van der Waals surface area (Å²) >= 11 is 0. The van der Waals surface area contributed by atoms with Gasteiger partial charge in [-0.25, -0.2) is 0 Å². The van der Waals surface area contributed by atoms with Gasteiger partial charge in [0.1, 0.15) is 11.7 Å². The summed E-state index contributed by atoms with van der Waals surface area (Å²) < 4.78 is 4.76. The number of methoxy groups -OCH3 is 1. The van der Waals surface area contributed by atoms with Crippen LogP contribution in [0.25, 0.3) is 0 Å². The number of ether oxygens (including phenoxy) is 1. The van der Waals surface area contributed by atoms with Crippen molar-refractivity contribution < 1.29 is 19.1 Å². The highest BCUT2D eigenvalue weighted by molar-refractivity contribution is 6.06. The fourth-order valence-electron chi connectivity index (χ4n) is 4.91. The van der Waals surface area contributed by atoms with Crippen LogP contribution < -0.4 is 0 Å². The van der Waals surface area contributed by atoms with Crippen LogP contribution in [0, 0.1) is 23.2 Å². The summed E-state index contributed by atoms with van der Waals surface area (Å²) in [4.78, 5) is 37.0. The summed E-state index contributed by atoms with van der Waals surface area (Å²) in [6.45, 7) is 0. The van der Waals surface area contributed by atoms with Crippen LogP contribution in [0.15, 0.2) is 0 Å². The Bertz CT molecular complexity index is 455. The van der Waals surface area contributed by atoms with Crippen LogP contribution in [0.1, 0.15) is 51.4 Å². The van der Waals surface area contributed by atoms with Gasteiger partial charge in [-0.2, -0.15) is 0 Å². The molecule has 3 aliphatic carbocycles. The summed E-state index contributed by atoms with van der Waals surface area (Å²) in [5, 5.41) is 0. The topological polar surface area (TPSA) is 60.4 Å². The van der Waals surface area contributed by atoms with E-state index in [9.17, 15) is 14.4 Å². The largest absolute Gasteiger partial charge is 0.468 e. The molecule has 20 heavy (non-hydrogen) atoms. The quantitative estimate of drug-likeness (QED) is 0.545. The van der Waals surface area contributed by atoms with Gasteiger partial charge in [0.15, 0.2) is 5.78 Å². The number of fused-ring (bicyclic) bond motifs is 2. The van der Waals surface area contributed by atoms with Crippen molar-refractivity contribution in [3.05, 3.63) is 0 Å². The Labute approximate surface area is 119 Å². The van der Waals surface area contributed by atoms with E-state index >= 15 is 0 Å². The zero-order valence-electron chi connectivity index (χ0n) is 12.0. The Hall–Kier alpha value is -1.19. The van der Waals surface area contributed by atoms with Crippen LogP contribution in [-0.4, -0.2) is 24.6 Å². The van der Waals surface area contributed by atoms with E-state index in [1.54, 1.807) is 0 Å². The first-order chi connectivity index (χ1) is 9.60. The van der Waals surface area contributed by atoms with Crippen molar-refractivity contribution in [2.24, 2.45) is 23.2 Å². The van der Waals surface area contributed by atoms with E-state index in [2.05, 4.69) is 0 Å². The minimum Gasteiger partial charge on any atom is -0.468 e. The van der Waals surface area contributed by atoms with Crippen molar-refractivity contribution in [2.45, 2.75) is 51.4 Å². The molecule has 0 heterocycles. The van der Waals surface area contributed by atoms with Gasteiger partial charge >= 0.3 is 5.97 Å². The zero-order valence-corrected chi connectivity index (χ0v) is 12.0. The normalized spacial score (nSPS) is 40.8. The van der Waals surface area contributed by atoms with Crippen LogP contribution in [0.4, 0.5) is 0 Å². The molecule has 1 spiro atoms. The molecule has 4 nitrogen and oxygen atoms in total. The van der Waals surface area contributed by atoms with Crippen LogP contribution in [0.3, 0.4) is 0 Å². The molecule has 0 aliphatic heterocycles. The lowest BCUT2D eigenvalue weighted by molar-refractivity contribution is -0.152. The Balaban J connectivity index is 1.95. The van der Waals surface area contributed by atoms with Crippen LogP contribution in [0.5, 0.6) is 0 Å². The smallest absolute Gasteiger partial charge is 0.316 e. The molecule has 0 bridgehead atoms. The summed E-state index contributed by atoms with van der Waals surface area (Å²) in [6, 6.07) is 0. The number of hydrogen-bond acceptors (Lipinski definition) is 4. The molecule has 0 aromatic rings. The third-order valence-electron chi connectivity index (χ3n) is 5.79. The number of rotatable bonds is 1. The SMILES string of the molecule is COC(=O)[C@@H]1CC[C@]2(CCCC[C@H]3CCC(=O)[C@@H]32)C1=O. The van der Waals surface area contributed by atoms with Crippen molar-refractivity contribution in [1.29, 1.82) is 0 Å². The average molecular weight is 278 g/mol. The molecule has 0 aromatic carbocycles. The standard InChI is InChI=1S/C16H22O4/c1-20-15(19)11-7-9-16(14(11)18)8-3-2-4-10-5-6-12(17)13(10)16/h10-11,13H,2-9H2,1H3/t10-,11+,13+,16-/m0/s1. The van der Waals surface area contributed by atoms with E-state index in [1.807, 2.05) is 0 Å². The van der Waals surface area contributed by atoms with Crippen molar-refractivity contribution in [1.82, 2.24) is 0 Å². The number of ketones is 2. The lowest BCUT2D eigenvalue weighted by Crippen LogP contribution is -2.42. The van der Waals surface area contributed by atoms with E-state index in [1.165, 1.54) is 7.11 Å². The second-order valence-electron chi connectivity index (χ2n) is 6.62. The molecule has 4 atom stereocenters. The van der Waals surface area contributed by atoms with Gasteiger partial charge < -0.3 is 4.74 Å². The van der Waals surface area contributed by atoms with Crippen molar-refractivity contribution >= 4 is 17.5 Å². The highest BCUT2D eigenvalue weighted by Crippen LogP contribution is 2.56. The monoisotopic (exact) mass is 278 g/mol. The second-order valence-corrected chi connectivity index (χ2v) is 6.62. The van der Waals surface area contributed by atoms with Crippen molar-refractivity contribution in [3.63, 3.8) is 0 Å². The highest BCUT2D eigenvalue weighted by Gasteiger charge is 2.59. The molecule has 3 saturated carbocycles. The predicted octanol–water partition coefficient (Wildman–Crippen LogP) is 2.29. The first-order valence-corrected chi connectivity index (χ1v) is 7.75. The first kappa shape index (κ1) is 13.8. The van der Waals surface area contributed by atoms with E-state index in [0.29, 0.717) is 25.2 Å². The molecule has 0 saturated heterocycles. The van der Waals surface area contributed by atoms with Gasteiger partial charge in [0.05, 0.1) is 7.11 Å². The fraction of sp³-hybridized carbons (Fsp3) is 0.812. The number of esters is 1. The van der Waals surface area contributed by atoms with Crippen LogP contribution >= 0.6 is 0 Å². The summed E-state index contributed by atoms with van der Waals surface area (Å²) in [5.41, 5.74) is -0.548. The van der Waals surface area contributed by atoms with Gasteiger partial charge in [-0.05, 0) is 38.0 Å². The number of carbonyl (C=O) groups is 3. The Morgan fingerprint density at radius 2 is 1.95 bits per heavy atom. The summed E-state index contributed by atoms with van der Waals surface area (Å²) in [6.07, 6.45) is 6.75. The molecular formula is C16H22O4. The van der Waals surface area contributed by atoms with Gasteiger partial charge in [-0.1, -0.05) is 12.8 Å². The minimum atomic E-state index is -0.632. The van der Waals surface area contributed by atoms with Gasteiger partial charge in [-0.3, -0.25) is 14.4 Å². The molecule has 3 aliphatic rings. The molecule has 3 rings (SSSR count). The van der Waals surface area contributed by atoms with Gasteiger partial charge in [0.2, 0.25) is 0 Å². The van der Waals surface area contributed by atoms with E-state index in [4.69, 9.17) is 4.74 Å². The summed E-state index contributed by atoms with van der Waals surface area (Å²) in [7, 11) is 1.33. The third kappa shape index (κ3) is 1.84. The lowest BCUT2D eigenvalue weighted by atomic mass is 9.66. The molecule has 4 heteroatoms. The average Bonchev–Trinajstić information content (AvgIpc) is 2.89. The molecule has 3 fully saturated rings. The Morgan fingerprint density at radius 1 is 1.15 bits per heavy atom. The first-order valence-electron chi connectivity index (χ1n) is 7.75. The van der Waals surface area contributed by atoms with Crippen LogP contribution in [-0.2, 0) is 19.1 Å². The Kier molecular flexibility index (Phi) is 3.43. The fourth-order valence-corrected chi connectivity index (χ4v) is 4.91. The number of Topliss-reactive ketones (excluding diaryl/α,β-unsaturated/α-hetero) is 2. The third-order valence-corrected chi connectivity index (χ3v) is 5.79. The molecule has 0 radical (unpaired) electrons. The van der Waals surface area contributed by atoms with Gasteiger partial charge in [-0.15, -0.1) is 0 Å².